The molecule has 0 saturated carbocycles. The maximum absolute atomic E-state index is 9.68. The predicted octanol–water partition coefficient (Wildman–Crippen LogP) is 11.2. The van der Waals surface area contributed by atoms with Crippen molar-refractivity contribution in [2.75, 3.05) is 19.0 Å². The molecule has 4 aromatic carbocycles. The summed E-state index contributed by atoms with van der Waals surface area (Å²) in [4.78, 5) is 36.1. The summed E-state index contributed by atoms with van der Waals surface area (Å²) in [5.41, 5.74) is 17.2. The Bertz CT molecular complexity index is 3770. The van der Waals surface area contributed by atoms with Gasteiger partial charge in [0.15, 0.2) is 35.1 Å². The van der Waals surface area contributed by atoms with Crippen LogP contribution in [0.15, 0.2) is 166 Å². The Morgan fingerprint density at radius 2 is 0.613 bits per heavy atom. The summed E-state index contributed by atoms with van der Waals surface area (Å²) in [6.45, 7) is 25.5. The van der Waals surface area contributed by atoms with Gasteiger partial charge in [0.05, 0.1) is 31.2 Å². The van der Waals surface area contributed by atoms with Crippen LogP contribution in [0.5, 0.6) is 23.0 Å². The molecular formula is C71H84N8Na2O10S2. The van der Waals surface area contributed by atoms with Crippen molar-refractivity contribution in [3.8, 4) is 67.5 Å². The number of pyridine rings is 4. The van der Waals surface area contributed by atoms with Crippen LogP contribution in [0.4, 0.5) is 23.3 Å². The molecule has 4 aliphatic heterocycles. The van der Waals surface area contributed by atoms with E-state index in [-0.39, 0.29) is 128 Å². The minimum Gasteiger partial charge on any atom is -0.691 e. The third kappa shape index (κ3) is 18.6. The number of rotatable bonds is 15. The zero-order valence-electron chi connectivity index (χ0n) is 52.8. The van der Waals surface area contributed by atoms with Crippen molar-refractivity contribution in [3.05, 3.63) is 168 Å². The molecule has 0 bridgehead atoms. The van der Waals surface area contributed by atoms with E-state index >= 15 is 0 Å². The number of methoxy groups -OCH3 is 1. The smallest absolute Gasteiger partial charge is 0.691 e. The van der Waals surface area contributed by atoms with E-state index in [2.05, 4.69) is 157 Å². The number of aromatic nitrogens is 4. The van der Waals surface area contributed by atoms with Crippen molar-refractivity contribution in [1.82, 2.24) is 19.9 Å². The molecule has 0 amide bonds. The van der Waals surface area contributed by atoms with Gasteiger partial charge >= 0.3 is 59.1 Å². The standard InChI is InChI=1S/2C17H18N2O4S.C17H18N2O.C16H16N2O.4CH4.2Na/c2*1-11-17(2,3)15-8-13(9-18-16(15)19-11)12-4-6-14(7-5-12)21-10-24-23-22-20;1-11-17(2,3)15-9-13(10-18-16(15)19-11)12-5-7-14(20-4)8-6-12;1-10-16(2,3)14-8-12(9-17-15(14)18-10)11-4-6-13(19)7-5-11;;;;;;/h2*4-9,20H,10H2,1-3H3;5-10H,1-4H3;4-9,19H,1-3H3;4*1H4;;/q;;;;;;;;2*+1/p-2. The summed E-state index contributed by atoms with van der Waals surface area (Å²) >= 11 is 1.56. The average molecular weight is 1320 g/mol. The van der Waals surface area contributed by atoms with E-state index in [1.807, 2.05) is 118 Å². The molecule has 8 heterocycles. The third-order valence-electron chi connectivity index (χ3n) is 16.6. The predicted molar refractivity (Wildman–Crippen MR) is 368 cm³/mol. The van der Waals surface area contributed by atoms with E-state index in [0.29, 0.717) is 11.5 Å². The molecule has 1 N–H and O–H groups in total. The molecule has 8 aromatic rings. The Hall–Kier alpha value is -6.18. The number of ether oxygens (including phenoxy) is 3. The van der Waals surface area contributed by atoms with E-state index in [4.69, 9.17) is 14.2 Å². The SMILES string of the molecule is C.C.C.C.CC1=Nc2ncc(-c3ccc(O)cc3)cc2C1(C)C.CC1=Nc2ncc(-c3ccc(OCSOO[O-])cc3)cc2C1(C)C.CC1=Nc2ncc(-c3ccc(OCSOO[O-])cc3)cc2C1(C)C.COc1ccc(-c2cnc3c(c2)C(C)(C)C(C)=N3)cc1.[Na+].[Na+]. The number of hydrogen-bond donors (Lipinski definition) is 1. The van der Waals surface area contributed by atoms with E-state index in [9.17, 15) is 15.6 Å². The fraction of sp³-hybridized carbons (Fsp3) is 0.324. The first-order valence-electron chi connectivity index (χ1n) is 27.9. The van der Waals surface area contributed by atoms with Gasteiger partial charge in [-0.15, -0.1) is 0 Å². The summed E-state index contributed by atoms with van der Waals surface area (Å²) in [5, 5.41) is 35.2. The minimum atomic E-state index is -0.0950. The van der Waals surface area contributed by atoms with Gasteiger partial charge in [-0.2, -0.15) is 8.67 Å². The number of phenols is 1. The Balaban J connectivity index is 0.000000318. The van der Waals surface area contributed by atoms with Crippen LogP contribution in [0.3, 0.4) is 0 Å². The van der Waals surface area contributed by atoms with Gasteiger partial charge in [0.1, 0.15) is 23.0 Å². The van der Waals surface area contributed by atoms with Gasteiger partial charge in [-0.05, 0) is 123 Å². The molecular weight excluding hydrogens is 1230 g/mol. The maximum Gasteiger partial charge on any atom is 1.00 e. The van der Waals surface area contributed by atoms with Crippen molar-refractivity contribution < 1.29 is 108 Å². The topological polar surface area (TPSA) is 232 Å². The molecule has 93 heavy (non-hydrogen) atoms. The Morgan fingerprint density at radius 3 is 0.849 bits per heavy atom. The van der Waals surface area contributed by atoms with E-state index in [1.54, 1.807) is 19.2 Å². The summed E-state index contributed by atoms with van der Waals surface area (Å²) in [5.74, 6) is 6.09. The molecule has 12 rings (SSSR count). The number of hydrogen-bond acceptors (Lipinski definition) is 20. The number of aliphatic imine (C=N–C) groups is 4. The summed E-state index contributed by atoms with van der Waals surface area (Å²) < 4.78 is 24.3. The van der Waals surface area contributed by atoms with E-state index < -0.39 is 0 Å². The largest absolute Gasteiger partial charge is 1.00 e. The van der Waals surface area contributed by atoms with Gasteiger partial charge in [-0.3, -0.25) is 10.1 Å². The van der Waals surface area contributed by atoms with Crippen molar-refractivity contribution >= 4 is 70.2 Å². The van der Waals surface area contributed by atoms with Crippen molar-refractivity contribution in [2.24, 2.45) is 20.0 Å². The fourth-order valence-electron chi connectivity index (χ4n) is 9.82. The van der Waals surface area contributed by atoms with Crippen LogP contribution in [0.1, 0.15) is 135 Å². The molecule has 0 fully saturated rings. The van der Waals surface area contributed by atoms with Crippen LogP contribution >= 0.6 is 24.1 Å². The quantitative estimate of drug-likeness (QED) is 0.0251. The van der Waals surface area contributed by atoms with Crippen LogP contribution in [0.25, 0.3) is 44.5 Å². The average Bonchev–Trinajstić information content (AvgIpc) is 1.67. The second-order valence-electron chi connectivity index (χ2n) is 23.0. The second kappa shape index (κ2) is 35.0. The zero-order chi connectivity index (χ0) is 62.3. The molecule has 482 valence electrons. The van der Waals surface area contributed by atoms with Crippen molar-refractivity contribution in [1.29, 1.82) is 0 Å². The summed E-state index contributed by atoms with van der Waals surface area (Å²) in [6.07, 6.45) is 7.40. The monoisotopic (exact) mass is 1320 g/mol. The summed E-state index contributed by atoms with van der Waals surface area (Å²) in [7, 11) is 1.68. The van der Waals surface area contributed by atoms with Crippen LogP contribution < -0.4 is 83.8 Å². The summed E-state index contributed by atoms with van der Waals surface area (Å²) in [6, 6.07) is 39.1. The van der Waals surface area contributed by atoms with Gasteiger partial charge in [0.2, 0.25) is 0 Å². The molecule has 18 nitrogen and oxygen atoms in total. The molecule has 0 saturated heterocycles. The minimum absolute atomic E-state index is 0. The van der Waals surface area contributed by atoms with Crippen molar-refractivity contribution in [3.63, 3.8) is 0 Å². The number of aromatic hydroxyl groups is 1. The second-order valence-corrected chi connectivity index (χ2v) is 24.2. The maximum atomic E-state index is 9.68. The molecule has 0 unspecified atom stereocenters. The molecule has 0 atom stereocenters. The number of benzene rings is 4. The number of fused-ring (bicyclic) bond motifs is 4. The van der Waals surface area contributed by atoms with Gasteiger partial charge < -0.3 is 29.8 Å². The first-order valence-corrected chi connectivity index (χ1v) is 29.7. The molecule has 0 spiro atoms. The first-order chi connectivity index (χ1) is 41.5. The fourth-order valence-corrected chi connectivity index (χ4v) is 10.3. The Morgan fingerprint density at radius 1 is 0.376 bits per heavy atom. The molecule has 4 aliphatic rings. The van der Waals surface area contributed by atoms with Crippen LogP contribution in [-0.4, -0.2) is 66.9 Å². The van der Waals surface area contributed by atoms with E-state index in [0.717, 1.165) is 137 Å². The third-order valence-corrected chi connectivity index (χ3v) is 17.3. The Labute approximate surface area is 602 Å². The van der Waals surface area contributed by atoms with Crippen LogP contribution in [0.2, 0.25) is 0 Å². The number of nitrogens with zero attached hydrogens (tertiary/aromatic N) is 8. The number of phenolic OH excluding ortho intramolecular Hbond substituents is 1. The normalized spacial score (nSPS) is 14.4. The zero-order valence-corrected chi connectivity index (χ0v) is 58.4. The van der Waals surface area contributed by atoms with Gasteiger partial charge in [-0.25, -0.2) is 39.9 Å². The van der Waals surface area contributed by atoms with Gasteiger partial charge in [0, 0.05) is 114 Å². The molecule has 0 aliphatic carbocycles. The first kappa shape index (κ1) is 81.1. The van der Waals surface area contributed by atoms with Crippen LogP contribution in [-0.2, 0) is 40.4 Å². The van der Waals surface area contributed by atoms with Gasteiger partial charge in [-0.1, -0.05) is 134 Å². The molecule has 4 aromatic heterocycles. The van der Waals surface area contributed by atoms with Crippen molar-refractivity contribution in [2.45, 2.75) is 134 Å². The molecule has 22 heteroatoms. The van der Waals surface area contributed by atoms with Crippen LogP contribution in [0, 0.1) is 0 Å². The Kier molecular flexibility index (Phi) is 30.5. The van der Waals surface area contributed by atoms with E-state index in [1.165, 1.54) is 5.56 Å². The van der Waals surface area contributed by atoms with Gasteiger partial charge in [0.25, 0.3) is 0 Å². The molecule has 0 radical (unpaired) electrons.